The summed E-state index contributed by atoms with van der Waals surface area (Å²) in [7, 11) is 5.66. The Morgan fingerprint density at radius 2 is 2.07 bits per heavy atom. The third-order valence-electron chi connectivity index (χ3n) is 2.18. The van der Waals surface area contributed by atoms with Gasteiger partial charge in [0, 0.05) is 12.4 Å². The highest BCUT2D eigenvalue weighted by Crippen LogP contribution is 2.12. The summed E-state index contributed by atoms with van der Waals surface area (Å²) in [5.41, 5.74) is 2.61. The van der Waals surface area contributed by atoms with Gasteiger partial charge in [-0.05, 0) is 12.1 Å². The molecule has 0 aliphatic heterocycles. The normalized spacial score (nSPS) is 11.1. The Morgan fingerprint density at radius 1 is 1.21 bits per heavy atom. The number of rotatable bonds is 0. The molecule has 0 saturated heterocycles. The molecule has 0 spiro atoms. The Morgan fingerprint density at radius 3 is 3.00 bits per heavy atom. The number of hydrogen-bond donors (Lipinski definition) is 0. The average molecular weight is 179 g/mol. The predicted molar refractivity (Wildman–Crippen MR) is 55.9 cm³/mol. The van der Waals surface area contributed by atoms with Crippen molar-refractivity contribution in [1.29, 1.82) is 0 Å². The number of fused-ring (bicyclic) bond motifs is 3. The zero-order chi connectivity index (χ0) is 9.54. The van der Waals surface area contributed by atoms with Crippen LogP contribution < -0.4 is 5.46 Å². The summed E-state index contributed by atoms with van der Waals surface area (Å²) in [4.78, 5) is 8.50. The van der Waals surface area contributed by atoms with Crippen LogP contribution in [0.3, 0.4) is 0 Å². The van der Waals surface area contributed by atoms with Gasteiger partial charge in [0.1, 0.15) is 7.85 Å². The van der Waals surface area contributed by atoms with Crippen molar-refractivity contribution < 1.29 is 0 Å². The third kappa shape index (κ3) is 0.938. The van der Waals surface area contributed by atoms with Crippen molar-refractivity contribution in [3.63, 3.8) is 0 Å². The number of nitrogens with zero attached hydrogens (tertiary/aromatic N) is 3. The van der Waals surface area contributed by atoms with Gasteiger partial charge in [0.25, 0.3) is 0 Å². The first kappa shape index (κ1) is 7.56. The lowest BCUT2D eigenvalue weighted by Gasteiger charge is -1.95. The summed E-state index contributed by atoms with van der Waals surface area (Å²) in [5.74, 6) is 0.681. The molecule has 0 fully saturated rings. The van der Waals surface area contributed by atoms with E-state index < -0.39 is 0 Å². The smallest absolute Gasteiger partial charge is 0.234 e. The highest BCUT2D eigenvalue weighted by Gasteiger charge is 2.02. The second-order valence-corrected chi connectivity index (χ2v) is 3.16. The van der Waals surface area contributed by atoms with Crippen LogP contribution in [0.15, 0.2) is 36.7 Å². The molecule has 0 amide bonds. The molecular weight excluding hydrogens is 173 g/mol. The average Bonchev–Trinajstić information content (AvgIpc) is 2.56. The van der Waals surface area contributed by atoms with Gasteiger partial charge in [0.05, 0.1) is 11.0 Å². The van der Waals surface area contributed by atoms with Crippen LogP contribution in [0.1, 0.15) is 0 Å². The second-order valence-electron chi connectivity index (χ2n) is 3.16. The van der Waals surface area contributed by atoms with Crippen molar-refractivity contribution in [3.05, 3.63) is 36.7 Å². The van der Waals surface area contributed by atoms with Gasteiger partial charge in [0.15, 0.2) is 0 Å². The summed E-state index contributed by atoms with van der Waals surface area (Å²) < 4.78 is 1.89. The summed E-state index contributed by atoms with van der Waals surface area (Å²) in [5, 5.41) is 0. The van der Waals surface area contributed by atoms with Crippen molar-refractivity contribution in [2.75, 3.05) is 0 Å². The molecule has 0 aliphatic rings. The van der Waals surface area contributed by atoms with Crippen LogP contribution in [0.2, 0.25) is 0 Å². The summed E-state index contributed by atoms with van der Waals surface area (Å²) in [6, 6.07) is 7.88. The van der Waals surface area contributed by atoms with Gasteiger partial charge < -0.3 is 0 Å². The van der Waals surface area contributed by atoms with Crippen molar-refractivity contribution in [1.82, 2.24) is 14.4 Å². The molecular formula is C10H6BN3. The van der Waals surface area contributed by atoms with E-state index in [2.05, 4.69) is 9.97 Å². The van der Waals surface area contributed by atoms with Crippen LogP contribution in [-0.4, -0.2) is 22.2 Å². The standard InChI is InChI=1S/C10H6BN3/c11-7-5-12-10-13-8-3-1-2-4-9(8)14(10)6-7/h1-6H. The van der Waals surface area contributed by atoms with E-state index in [1.165, 1.54) is 0 Å². The molecule has 3 nitrogen and oxygen atoms in total. The van der Waals surface area contributed by atoms with Crippen molar-refractivity contribution >= 4 is 30.1 Å². The van der Waals surface area contributed by atoms with E-state index in [-0.39, 0.29) is 0 Å². The summed E-state index contributed by atoms with van der Waals surface area (Å²) >= 11 is 0. The largest absolute Gasteiger partial charge is 0.284 e. The zero-order valence-electron chi connectivity index (χ0n) is 7.38. The molecule has 2 aromatic heterocycles. The molecule has 4 heteroatoms. The fourth-order valence-electron chi connectivity index (χ4n) is 1.56. The van der Waals surface area contributed by atoms with Crippen molar-refractivity contribution in [3.8, 4) is 0 Å². The lowest BCUT2D eigenvalue weighted by molar-refractivity contribution is 1.15. The molecule has 0 unspecified atom stereocenters. The van der Waals surface area contributed by atoms with E-state index >= 15 is 0 Å². The Labute approximate surface area is 81.8 Å². The Kier molecular flexibility index (Phi) is 1.39. The van der Waals surface area contributed by atoms with Gasteiger partial charge in [-0.25, -0.2) is 9.97 Å². The van der Waals surface area contributed by atoms with Crippen LogP contribution in [0.4, 0.5) is 0 Å². The molecule has 14 heavy (non-hydrogen) atoms. The molecule has 0 bridgehead atoms. The summed E-state index contributed by atoms with van der Waals surface area (Å²) in [6.07, 6.45) is 3.44. The van der Waals surface area contributed by atoms with E-state index in [1.54, 1.807) is 6.20 Å². The van der Waals surface area contributed by atoms with Crippen LogP contribution in [0.5, 0.6) is 0 Å². The third-order valence-corrected chi connectivity index (χ3v) is 2.18. The molecule has 1 aromatic carbocycles. The highest BCUT2D eigenvalue weighted by atomic mass is 15.1. The van der Waals surface area contributed by atoms with E-state index in [0.29, 0.717) is 11.2 Å². The van der Waals surface area contributed by atoms with Crippen LogP contribution in [-0.2, 0) is 0 Å². The fraction of sp³-hybridized carbons (Fsp3) is 0. The van der Waals surface area contributed by atoms with E-state index in [4.69, 9.17) is 7.85 Å². The quantitative estimate of drug-likeness (QED) is 0.475. The molecule has 0 aliphatic carbocycles. The van der Waals surface area contributed by atoms with Gasteiger partial charge in [-0.15, -0.1) is 0 Å². The van der Waals surface area contributed by atoms with Gasteiger partial charge in [-0.3, -0.25) is 4.40 Å². The van der Waals surface area contributed by atoms with Gasteiger partial charge in [-0.2, -0.15) is 0 Å². The zero-order valence-corrected chi connectivity index (χ0v) is 7.38. The number of imidazole rings is 1. The van der Waals surface area contributed by atoms with Gasteiger partial charge in [0.2, 0.25) is 5.78 Å². The van der Waals surface area contributed by atoms with E-state index in [9.17, 15) is 0 Å². The van der Waals surface area contributed by atoms with Crippen molar-refractivity contribution in [2.24, 2.45) is 0 Å². The first-order chi connectivity index (χ1) is 6.84. The van der Waals surface area contributed by atoms with E-state index in [1.807, 2.05) is 34.9 Å². The number of benzene rings is 1. The summed E-state index contributed by atoms with van der Waals surface area (Å²) in [6.45, 7) is 0. The van der Waals surface area contributed by atoms with Crippen molar-refractivity contribution in [2.45, 2.75) is 0 Å². The maximum Gasteiger partial charge on any atom is 0.234 e. The molecule has 3 aromatic rings. The first-order valence-corrected chi connectivity index (χ1v) is 4.33. The molecule has 2 radical (unpaired) electrons. The molecule has 0 saturated carbocycles. The number of hydrogen-bond acceptors (Lipinski definition) is 2. The Hall–Kier alpha value is -1.84. The molecule has 2 heterocycles. The molecule has 0 atom stereocenters. The second kappa shape index (κ2) is 2.58. The Bertz CT molecular complexity index is 615. The predicted octanol–water partition coefficient (Wildman–Crippen LogP) is 0.676. The Balaban J connectivity index is 2.58. The lowest BCUT2D eigenvalue weighted by atomic mass is 10.0. The fourth-order valence-corrected chi connectivity index (χ4v) is 1.56. The molecule has 3 rings (SSSR count). The monoisotopic (exact) mass is 179 g/mol. The maximum absolute atomic E-state index is 5.66. The maximum atomic E-state index is 5.66. The highest BCUT2D eigenvalue weighted by molar-refractivity contribution is 6.31. The first-order valence-electron chi connectivity index (χ1n) is 4.33. The minimum absolute atomic E-state index is 0.639. The van der Waals surface area contributed by atoms with Crippen LogP contribution >= 0.6 is 0 Å². The van der Waals surface area contributed by atoms with Gasteiger partial charge >= 0.3 is 0 Å². The van der Waals surface area contributed by atoms with Gasteiger partial charge in [-0.1, -0.05) is 17.6 Å². The molecule has 64 valence electrons. The molecule has 0 N–H and O–H groups in total. The minimum atomic E-state index is 0.639. The lowest BCUT2D eigenvalue weighted by Crippen LogP contribution is -2.06. The SMILES string of the molecule is [B]c1cnc2nc3ccccc3n2c1. The number of para-hydroxylation sites is 2. The number of aromatic nitrogens is 3. The van der Waals surface area contributed by atoms with Crippen LogP contribution in [0, 0.1) is 0 Å². The minimum Gasteiger partial charge on any atom is -0.284 e. The topological polar surface area (TPSA) is 30.2 Å². The van der Waals surface area contributed by atoms with E-state index in [0.717, 1.165) is 11.0 Å². The van der Waals surface area contributed by atoms with Crippen LogP contribution in [0.25, 0.3) is 16.8 Å².